The van der Waals surface area contributed by atoms with Crippen molar-refractivity contribution in [1.29, 1.82) is 0 Å². The first kappa shape index (κ1) is 18.8. The minimum atomic E-state index is -1.02. The van der Waals surface area contributed by atoms with Crippen molar-refractivity contribution in [3.63, 3.8) is 0 Å². The molecule has 27 heavy (non-hydrogen) atoms. The third kappa shape index (κ3) is 3.01. The quantitative estimate of drug-likeness (QED) is 0.697. The summed E-state index contributed by atoms with van der Waals surface area (Å²) in [5, 5.41) is 13.3. The first-order valence-corrected chi connectivity index (χ1v) is 8.58. The van der Waals surface area contributed by atoms with Crippen LogP contribution in [0.3, 0.4) is 0 Å². The van der Waals surface area contributed by atoms with Crippen LogP contribution in [0.5, 0.6) is 0 Å². The van der Waals surface area contributed by atoms with E-state index in [1.54, 1.807) is 19.9 Å². The lowest BCUT2D eigenvalue weighted by Crippen LogP contribution is -2.02. The van der Waals surface area contributed by atoms with Gasteiger partial charge < -0.3 is 9.63 Å². The van der Waals surface area contributed by atoms with Crippen LogP contribution in [0, 0.1) is 47.4 Å². The van der Waals surface area contributed by atoms with Crippen LogP contribution >= 0.6 is 0 Å². The Balaban J connectivity index is 2.18. The number of nitrogens with zero attached hydrogens (tertiary/aromatic N) is 2. The van der Waals surface area contributed by atoms with Gasteiger partial charge in [0.2, 0.25) is 5.82 Å². The van der Waals surface area contributed by atoms with Crippen LogP contribution in [-0.2, 0) is 0 Å². The van der Waals surface area contributed by atoms with Crippen LogP contribution in [0.1, 0.15) is 43.7 Å². The zero-order valence-corrected chi connectivity index (χ0v) is 16.2. The zero-order chi connectivity index (χ0) is 20.0. The summed E-state index contributed by atoms with van der Waals surface area (Å²) in [5.41, 5.74) is 5.65. The molecule has 0 aliphatic rings. The van der Waals surface area contributed by atoms with Gasteiger partial charge >= 0.3 is 5.97 Å². The molecule has 3 aromatic rings. The first-order chi connectivity index (χ1) is 12.6. The van der Waals surface area contributed by atoms with Crippen LogP contribution < -0.4 is 0 Å². The van der Waals surface area contributed by atoms with Crippen molar-refractivity contribution in [2.75, 3.05) is 0 Å². The third-order valence-corrected chi connectivity index (χ3v) is 5.29. The van der Waals surface area contributed by atoms with Crippen LogP contribution in [0.2, 0.25) is 0 Å². The topological polar surface area (TPSA) is 76.2 Å². The van der Waals surface area contributed by atoms with Gasteiger partial charge in [0.25, 0.3) is 5.89 Å². The molecular weight excluding hydrogens is 347 g/mol. The van der Waals surface area contributed by atoms with Gasteiger partial charge in [-0.25, -0.2) is 9.18 Å². The van der Waals surface area contributed by atoms with E-state index in [2.05, 4.69) is 10.1 Å². The molecule has 2 aromatic carbocycles. The van der Waals surface area contributed by atoms with E-state index in [0.29, 0.717) is 16.7 Å². The number of carboxylic acid groups (broad SMARTS) is 1. The van der Waals surface area contributed by atoms with Crippen molar-refractivity contribution in [2.45, 2.75) is 41.5 Å². The molecule has 3 rings (SSSR count). The van der Waals surface area contributed by atoms with Crippen LogP contribution in [0.25, 0.3) is 22.8 Å². The summed E-state index contributed by atoms with van der Waals surface area (Å²) in [7, 11) is 0. The molecule has 0 aliphatic heterocycles. The molecule has 0 bridgehead atoms. The number of rotatable bonds is 3. The summed E-state index contributed by atoms with van der Waals surface area (Å²) in [5.74, 6) is -1.08. The molecule has 0 saturated carbocycles. The molecule has 0 spiro atoms. The Labute approximate surface area is 156 Å². The first-order valence-electron chi connectivity index (χ1n) is 8.58. The van der Waals surface area contributed by atoms with Gasteiger partial charge in [0.15, 0.2) is 0 Å². The van der Waals surface area contributed by atoms with E-state index in [4.69, 9.17) is 4.52 Å². The minimum absolute atomic E-state index is 0.0862. The fourth-order valence-electron chi connectivity index (χ4n) is 3.28. The Hall–Kier alpha value is -3.02. The summed E-state index contributed by atoms with van der Waals surface area (Å²) in [6, 6.07) is 3.29. The fraction of sp³-hybridized carbons (Fsp3) is 0.286. The Morgan fingerprint density at radius 1 is 0.963 bits per heavy atom. The molecule has 1 heterocycles. The molecule has 0 atom stereocenters. The van der Waals surface area contributed by atoms with Gasteiger partial charge in [0.1, 0.15) is 5.82 Å². The van der Waals surface area contributed by atoms with Gasteiger partial charge in [-0.15, -0.1) is 0 Å². The lowest BCUT2D eigenvalue weighted by Gasteiger charge is -2.13. The van der Waals surface area contributed by atoms with Crippen molar-refractivity contribution in [3.8, 4) is 22.8 Å². The van der Waals surface area contributed by atoms with E-state index in [-0.39, 0.29) is 28.7 Å². The fourth-order valence-corrected chi connectivity index (χ4v) is 3.28. The van der Waals surface area contributed by atoms with Crippen molar-refractivity contribution < 1.29 is 18.8 Å². The molecule has 0 amide bonds. The number of aromatic nitrogens is 2. The number of benzene rings is 2. The Morgan fingerprint density at radius 3 is 2.22 bits per heavy atom. The third-order valence-electron chi connectivity index (χ3n) is 5.29. The molecule has 0 fully saturated rings. The van der Waals surface area contributed by atoms with Crippen molar-refractivity contribution >= 4 is 5.97 Å². The maximum Gasteiger partial charge on any atom is 0.335 e. The van der Waals surface area contributed by atoms with E-state index in [1.165, 1.54) is 6.07 Å². The lowest BCUT2D eigenvalue weighted by atomic mass is 9.93. The van der Waals surface area contributed by atoms with Crippen molar-refractivity contribution in [3.05, 3.63) is 56.9 Å². The summed E-state index contributed by atoms with van der Waals surface area (Å²) >= 11 is 0. The number of aryl methyl sites for hydroxylation is 2. The van der Waals surface area contributed by atoms with Gasteiger partial charge in [0, 0.05) is 5.56 Å². The average molecular weight is 368 g/mol. The summed E-state index contributed by atoms with van der Waals surface area (Å²) in [6.45, 7) is 10.9. The highest BCUT2D eigenvalue weighted by molar-refractivity contribution is 5.91. The number of carboxylic acids is 1. The second-order valence-corrected chi connectivity index (χ2v) is 6.90. The Morgan fingerprint density at radius 2 is 1.59 bits per heavy atom. The Kier molecular flexibility index (Phi) is 4.59. The highest BCUT2D eigenvalue weighted by Gasteiger charge is 2.23. The lowest BCUT2D eigenvalue weighted by molar-refractivity contribution is 0.0696. The normalized spacial score (nSPS) is 11.1. The van der Waals surface area contributed by atoms with E-state index in [1.807, 2.05) is 27.7 Å². The number of halogens is 1. The number of hydrogen-bond acceptors (Lipinski definition) is 4. The molecule has 0 unspecified atom stereocenters. The van der Waals surface area contributed by atoms with Gasteiger partial charge in [-0.2, -0.15) is 4.98 Å². The SMILES string of the molecule is Cc1cc(C)c(-c2noc(-c3c(C)c(C)c(C)c(C)c3F)n2)cc1C(=O)O. The van der Waals surface area contributed by atoms with Crippen LogP contribution in [0.15, 0.2) is 16.7 Å². The highest BCUT2D eigenvalue weighted by Crippen LogP contribution is 2.34. The zero-order valence-electron chi connectivity index (χ0n) is 16.2. The average Bonchev–Trinajstić information content (AvgIpc) is 3.07. The smallest absolute Gasteiger partial charge is 0.335 e. The van der Waals surface area contributed by atoms with Gasteiger partial charge in [-0.1, -0.05) is 11.2 Å². The van der Waals surface area contributed by atoms with Crippen LogP contribution in [0.4, 0.5) is 4.39 Å². The van der Waals surface area contributed by atoms with E-state index < -0.39 is 5.97 Å². The van der Waals surface area contributed by atoms with Gasteiger partial charge in [-0.05, 0) is 81.0 Å². The number of hydrogen-bond donors (Lipinski definition) is 1. The predicted octanol–water partition coefficient (Wildman–Crippen LogP) is 5.09. The second-order valence-electron chi connectivity index (χ2n) is 6.90. The maximum atomic E-state index is 14.9. The number of aromatic carboxylic acids is 1. The van der Waals surface area contributed by atoms with Gasteiger partial charge in [0.05, 0.1) is 11.1 Å². The number of carbonyl (C=O) groups is 1. The largest absolute Gasteiger partial charge is 0.478 e. The summed E-state index contributed by atoms with van der Waals surface area (Å²) < 4.78 is 20.3. The minimum Gasteiger partial charge on any atom is -0.478 e. The molecule has 0 saturated heterocycles. The highest BCUT2D eigenvalue weighted by atomic mass is 19.1. The summed E-state index contributed by atoms with van der Waals surface area (Å²) in [6.07, 6.45) is 0. The predicted molar refractivity (Wildman–Crippen MR) is 101 cm³/mol. The molecule has 1 N–H and O–H groups in total. The van der Waals surface area contributed by atoms with E-state index >= 15 is 0 Å². The standard InChI is InChI=1S/C21H21FN2O3/c1-9-7-10(2)16(21(25)26)8-15(9)19-23-20(27-24-19)17-13(5)11(3)12(4)14(6)18(17)22/h7-8H,1-6H3,(H,25,26). The van der Waals surface area contributed by atoms with Crippen molar-refractivity contribution in [1.82, 2.24) is 10.1 Å². The summed E-state index contributed by atoms with van der Waals surface area (Å²) in [4.78, 5) is 15.8. The molecule has 1 aromatic heterocycles. The monoisotopic (exact) mass is 368 g/mol. The molecule has 0 aliphatic carbocycles. The van der Waals surface area contributed by atoms with E-state index in [9.17, 15) is 14.3 Å². The molecular formula is C21H21FN2O3. The molecule has 5 nitrogen and oxygen atoms in total. The van der Waals surface area contributed by atoms with Crippen LogP contribution in [-0.4, -0.2) is 21.2 Å². The van der Waals surface area contributed by atoms with E-state index in [0.717, 1.165) is 22.3 Å². The molecule has 140 valence electrons. The maximum absolute atomic E-state index is 14.9. The second kappa shape index (κ2) is 6.61. The Bertz CT molecular complexity index is 1050. The molecule has 0 radical (unpaired) electrons. The molecule has 6 heteroatoms. The van der Waals surface area contributed by atoms with Gasteiger partial charge in [-0.3, -0.25) is 0 Å². The van der Waals surface area contributed by atoms with Crippen molar-refractivity contribution in [2.24, 2.45) is 0 Å².